The molecule has 26 heteroatoms. The van der Waals surface area contributed by atoms with Gasteiger partial charge in [-0.2, -0.15) is 0 Å². The minimum Gasteiger partial charge on any atom is -0.481 e. The maximum atomic E-state index is 15.4. The van der Waals surface area contributed by atoms with Crippen LogP contribution in [0.15, 0.2) is 60.8 Å². The molecule has 0 aliphatic heterocycles. The summed E-state index contributed by atoms with van der Waals surface area (Å²) in [6.07, 6.45) is 0.460. The molecule has 84 heavy (non-hydrogen) atoms. The number of aromatic nitrogens is 1. The number of carboxylic acids is 2. The number of ketones is 1. The average Bonchev–Trinajstić information content (AvgIpc) is 2.47. The van der Waals surface area contributed by atoms with Crippen molar-refractivity contribution in [3.8, 4) is 11.1 Å². The number of carbonyl (C=O) groups is 11. The molecule has 2 aromatic carbocycles. The molecule has 3 rings (SSSR count). The number of carboxylic acid groups (broad SMARTS) is 2. The van der Waals surface area contributed by atoms with Crippen molar-refractivity contribution in [2.45, 2.75) is 168 Å². The van der Waals surface area contributed by atoms with Crippen molar-refractivity contribution >= 4 is 65.0 Å². The Balaban J connectivity index is 1.93. The second kappa shape index (κ2) is 33.2. The van der Waals surface area contributed by atoms with Gasteiger partial charge in [-0.15, -0.1) is 0 Å². The molecular weight excluding hydrogens is 1100 g/mol. The highest BCUT2D eigenvalue weighted by atomic mass is 19.1. The SMILES string of the molecule is CCC(C)(CC)NC(=O)CCCC(=O)N[C@@H](C)C(=O)CN[C@H](C)C(=O)N[C@@H](CC(N)=O)C(=O)N[C@@H](CCN(C(=O)CO)[C@@H](c1cc(-c2cc(F)ccc2F)cn1Cc1ccccc1)C(C)(C)C)C(=O)NCCC(=O)N[C@H](CCC(=O)O)C(=O)O. The zero-order chi connectivity index (χ0) is 63.1. The monoisotopic (exact) mass is 1180 g/mol. The number of aliphatic carboxylic acids is 2. The van der Waals surface area contributed by atoms with E-state index < -0.39 is 171 Å². The first-order valence-corrected chi connectivity index (χ1v) is 27.8. The number of hydrogen-bond donors (Lipinski definition) is 11. The van der Waals surface area contributed by atoms with Gasteiger partial charge in [0.05, 0.1) is 31.1 Å². The van der Waals surface area contributed by atoms with Gasteiger partial charge in [0.1, 0.15) is 36.4 Å². The summed E-state index contributed by atoms with van der Waals surface area (Å²) in [5.41, 5.74) is 5.53. The van der Waals surface area contributed by atoms with E-state index in [1.54, 1.807) is 55.8 Å². The lowest BCUT2D eigenvalue weighted by Gasteiger charge is -2.41. The van der Waals surface area contributed by atoms with Crippen molar-refractivity contribution in [3.05, 3.63) is 83.7 Å². The lowest BCUT2D eigenvalue weighted by Crippen LogP contribution is -2.57. The number of benzene rings is 2. The maximum Gasteiger partial charge on any atom is 0.326 e. The molecule has 1 aromatic heterocycles. The van der Waals surface area contributed by atoms with Gasteiger partial charge in [-0.25, -0.2) is 13.6 Å². The fraction of sp³-hybridized carbons (Fsp3) is 0.534. The molecule has 0 fully saturated rings. The van der Waals surface area contributed by atoms with Crippen molar-refractivity contribution < 1.29 is 76.8 Å². The van der Waals surface area contributed by atoms with E-state index in [2.05, 4.69) is 37.2 Å². The highest BCUT2D eigenvalue weighted by molar-refractivity contribution is 5.96. The number of aliphatic hydroxyl groups is 1. The molecule has 0 radical (unpaired) electrons. The lowest BCUT2D eigenvalue weighted by molar-refractivity contribution is -0.143. The summed E-state index contributed by atoms with van der Waals surface area (Å²) in [4.78, 5) is 144. The molecule has 6 atom stereocenters. The van der Waals surface area contributed by atoms with Crippen molar-refractivity contribution in [3.63, 3.8) is 0 Å². The number of amides is 8. The first-order chi connectivity index (χ1) is 39.4. The Morgan fingerprint density at radius 2 is 1.35 bits per heavy atom. The smallest absolute Gasteiger partial charge is 0.326 e. The Kier molecular flexibility index (Phi) is 27.8. The van der Waals surface area contributed by atoms with Crippen LogP contribution in [-0.2, 0) is 59.3 Å². The normalized spacial score (nSPS) is 13.6. The molecule has 0 saturated carbocycles. The van der Waals surface area contributed by atoms with Crippen LogP contribution in [0.2, 0.25) is 0 Å². The quantitative estimate of drug-likeness (QED) is 0.0398. The van der Waals surface area contributed by atoms with Gasteiger partial charge in [-0.3, -0.25) is 53.3 Å². The average molecular weight is 1180 g/mol. The highest BCUT2D eigenvalue weighted by Crippen LogP contribution is 2.41. The number of Topliss-reactive ketones (excluding diaryl/α,β-unsaturated/α-hetero) is 1. The molecule has 8 amide bonds. The maximum absolute atomic E-state index is 15.4. The summed E-state index contributed by atoms with van der Waals surface area (Å²) in [6, 6.07) is 5.28. The second-order valence-corrected chi connectivity index (χ2v) is 21.9. The third kappa shape index (κ3) is 22.9. The van der Waals surface area contributed by atoms with E-state index in [9.17, 15) is 67.3 Å². The number of nitrogens with zero attached hydrogens (tertiary/aromatic N) is 2. The Morgan fingerprint density at radius 3 is 1.94 bits per heavy atom. The summed E-state index contributed by atoms with van der Waals surface area (Å²) in [5, 5.41) is 46.8. The Hall–Kier alpha value is -8.13. The first kappa shape index (κ1) is 70.1. The third-order valence-corrected chi connectivity index (χ3v) is 14.1. The minimum absolute atomic E-state index is 0.0362. The van der Waals surface area contributed by atoms with Crippen LogP contribution in [0, 0.1) is 17.0 Å². The van der Waals surface area contributed by atoms with Crippen LogP contribution in [0.25, 0.3) is 11.1 Å². The number of aliphatic hydroxyl groups excluding tert-OH is 1. The number of carbonyl (C=O) groups excluding carboxylic acids is 9. The van der Waals surface area contributed by atoms with Crippen LogP contribution >= 0.6 is 0 Å². The molecule has 462 valence electrons. The standard InChI is InChI=1S/C58H82F2N10O14/c1-9-58(8,10-2)68-49(76)18-14-17-47(74)64-34(3)45(72)30-63-35(4)53(80)67-43(29-46(61)73)55(82)66-41(54(81)62-25-23-48(75)65-42(56(83)84)21-22-51(78)79)24-26-70(50(77)33-71)52(57(5,6)7)44-27-37(39-28-38(59)19-20-40(39)60)32-69(44)31-36-15-12-11-13-16-36/h11-13,15-16,19-20,27-28,32,34-35,41-43,52,63,71H,9-10,14,17-18,21-26,29-31,33H2,1-8H3,(H2,61,73)(H,62,81)(H,64,74)(H,65,75)(H,66,82)(H,67,80)(H,68,76)(H,78,79)(H,83,84)/t34-,35+,41-,42+,43-,52-/m0/s1. The van der Waals surface area contributed by atoms with Gasteiger partial charge in [0.2, 0.25) is 47.3 Å². The molecule has 1 heterocycles. The molecule has 24 nitrogen and oxygen atoms in total. The molecule has 0 bridgehead atoms. The molecule has 0 aliphatic carbocycles. The molecule has 0 saturated heterocycles. The number of primary amides is 1. The Bertz CT molecular complexity index is 2800. The number of halogens is 2. The van der Waals surface area contributed by atoms with Crippen molar-refractivity contribution in [2.24, 2.45) is 11.1 Å². The van der Waals surface area contributed by atoms with E-state index >= 15 is 4.39 Å². The van der Waals surface area contributed by atoms with Gasteiger partial charge in [-0.1, -0.05) is 65.0 Å². The topological polar surface area (TPSA) is 367 Å². The van der Waals surface area contributed by atoms with E-state index in [1.165, 1.54) is 18.7 Å². The lowest BCUT2D eigenvalue weighted by atomic mass is 9.82. The van der Waals surface area contributed by atoms with E-state index in [4.69, 9.17) is 10.8 Å². The zero-order valence-corrected chi connectivity index (χ0v) is 48.9. The molecule has 0 unspecified atom stereocenters. The summed E-state index contributed by atoms with van der Waals surface area (Å²) < 4.78 is 31.8. The summed E-state index contributed by atoms with van der Waals surface area (Å²) in [6.45, 7) is 11.7. The summed E-state index contributed by atoms with van der Waals surface area (Å²) in [5.74, 6) is -11.4. The Labute approximate surface area is 487 Å². The predicted octanol–water partition coefficient (Wildman–Crippen LogP) is 2.48. The third-order valence-electron chi connectivity index (χ3n) is 14.1. The van der Waals surface area contributed by atoms with Gasteiger partial charge in [0.25, 0.3) is 0 Å². The van der Waals surface area contributed by atoms with E-state index in [-0.39, 0.29) is 48.4 Å². The summed E-state index contributed by atoms with van der Waals surface area (Å²) in [7, 11) is 0. The second-order valence-electron chi connectivity index (χ2n) is 21.9. The summed E-state index contributed by atoms with van der Waals surface area (Å²) >= 11 is 0. The fourth-order valence-corrected chi connectivity index (χ4v) is 8.96. The first-order valence-electron chi connectivity index (χ1n) is 27.8. The minimum atomic E-state index is -1.77. The van der Waals surface area contributed by atoms with Crippen LogP contribution in [0.1, 0.15) is 137 Å². The van der Waals surface area contributed by atoms with Crippen LogP contribution in [0.4, 0.5) is 8.78 Å². The van der Waals surface area contributed by atoms with Crippen LogP contribution < -0.4 is 43.0 Å². The van der Waals surface area contributed by atoms with Gasteiger partial charge in [0, 0.05) is 73.9 Å². The van der Waals surface area contributed by atoms with Gasteiger partial charge in [0.15, 0.2) is 5.78 Å². The molecule has 0 aliphatic rings. The van der Waals surface area contributed by atoms with Crippen molar-refractivity contribution in [1.29, 1.82) is 0 Å². The Morgan fingerprint density at radius 1 is 0.714 bits per heavy atom. The zero-order valence-electron chi connectivity index (χ0n) is 48.9. The van der Waals surface area contributed by atoms with Crippen LogP contribution in [0.3, 0.4) is 0 Å². The molecule has 0 spiro atoms. The van der Waals surface area contributed by atoms with Gasteiger partial charge < -0.3 is 62.4 Å². The van der Waals surface area contributed by atoms with Gasteiger partial charge in [-0.05, 0) is 88.1 Å². The number of hydrogen-bond acceptors (Lipinski definition) is 13. The van der Waals surface area contributed by atoms with Crippen LogP contribution in [-0.4, -0.2) is 152 Å². The van der Waals surface area contributed by atoms with E-state index in [0.717, 1.165) is 36.6 Å². The number of nitrogens with one attached hydrogen (secondary N) is 7. The van der Waals surface area contributed by atoms with Crippen LogP contribution in [0.5, 0.6) is 0 Å². The molecule has 3 aromatic rings. The molecule has 12 N–H and O–H groups in total. The number of nitrogens with two attached hydrogens (primary N) is 1. The molecular formula is C58H82F2N10O14. The number of rotatable bonds is 36. The van der Waals surface area contributed by atoms with E-state index in [1.807, 2.05) is 32.9 Å². The fourth-order valence-electron chi connectivity index (χ4n) is 8.96. The van der Waals surface area contributed by atoms with E-state index in [0.29, 0.717) is 5.69 Å². The van der Waals surface area contributed by atoms with Crippen molar-refractivity contribution in [1.82, 2.24) is 46.7 Å². The largest absolute Gasteiger partial charge is 0.481 e. The predicted molar refractivity (Wildman–Crippen MR) is 304 cm³/mol. The highest BCUT2D eigenvalue weighted by Gasteiger charge is 2.39. The van der Waals surface area contributed by atoms with Crippen molar-refractivity contribution in [2.75, 3.05) is 26.2 Å². The van der Waals surface area contributed by atoms with Gasteiger partial charge >= 0.3 is 11.9 Å².